The van der Waals surface area contributed by atoms with Crippen LogP contribution >= 0.6 is 0 Å². The van der Waals surface area contributed by atoms with Gasteiger partial charge in [-0.05, 0) is 26.0 Å². The number of rotatable bonds is 3. The summed E-state index contributed by atoms with van der Waals surface area (Å²) in [6, 6.07) is 6.67. The van der Waals surface area contributed by atoms with Crippen LogP contribution in [0.15, 0.2) is 46.3 Å². The number of ether oxygens (including phenoxy) is 1. The van der Waals surface area contributed by atoms with Crippen LogP contribution in [-0.2, 0) is 9.53 Å². The molecule has 20 heavy (non-hydrogen) atoms. The smallest absolute Gasteiger partial charge is 0.343 e. The van der Waals surface area contributed by atoms with Crippen molar-refractivity contribution < 1.29 is 19.7 Å². The minimum absolute atomic E-state index is 0.0634. The maximum atomic E-state index is 11.7. The van der Waals surface area contributed by atoms with E-state index in [1.54, 1.807) is 32.0 Å². The first-order chi connectivity index (χ1) is 9.54. The van der Waals surface area contributed by atoms with Crippen molar-refractivity contribution in [2.45, 2.75) is 13.8 Å². The third-order valence-electron chi connectivity index (χ3n) is 2.84. The highest BCUT2D eigenvalue weighted by Crippen LogP contribution is 2.28. The Morgan fingerprint density at radius 3 is 2.70 bits per heavy atom. The zero-order valence-electron chi connectivity index (χ0n) is 11.3. The van der Waals surface area contributed by atoms with Crippen molar-refractivity contribution in [2.24, 2.45) is 4.99 Å². The molecule has 1 heterocycles. The molecule has 0 aromatic heterocycles. The van der Waals surface area contributed by atoms with Crippen molar-refractivity contribution in [2.75, 3.05) is 6.61 Å². The van der Waals surface area contributed by atoms with Gasteiger partial charge in [-0.1, -0.05) is 18.2 Å². The van der Waals surface area contributed by atoms with Gasteiger partial charge >= 0.3 is 5.97 Å². The van der Waals surface area contributed by atoms with Crippen molar-refractivity contribution in [3.05, 3.63) is 46.9 Å². The summed E-state index contributed by atoms with van der Waals surface area (Å²) in [5, 5.41) is 19.8. The van der Waals surface area contributed by atoms with E-state index >= 15 is 0 Å². The summed E-state index contributed by atoms with van der Waals surface area (Å²) in [5.41, 5.74) is 1.19. The Bertz CT molecular complexity index is 641. The fourth-order valence-corrected chi connectivity index (χ4v) is 1.89. The second-order valence-electron chi connectivity index (χ2n) is 4.23. The number of esters is 1. The standard InChI is InChI=1S/C15H15NO4/c1-3-20-15(19)13-9(2)16-11(14(13)18)8-10-6-4-5-7-12(10)17/h4-8,17-18H,3H2,1-2H3/b11-8-. The van der Waals surface area contributed by atoms with Gasteiger partial charge in [0.1, 0.15) is 17.0 Å². The van der Waals surface area contributed by atoms with E-state index in [9.17, 15) is 15.0 Å². The van der Waals surface area contributed by atoms with E-state index in [-0.39, 0.29) is 29.4 Å². The molecule has 1 aromatic rings. The SMILES string of the molecule is CCOC(=O)C1=C(O)/C(=C/c2ccccc2O)N=C1C. The van der Waals surface area contributed by atoms with Crippen LogP contribution in [0.5, 0.6) is 5.75 Å². The summed E-state index contributed by atoms with van der Waals surface area (Å²) in [7, 11) is 0. The molecule has 0 spiro atoms. The van der Waals surface area contributed by atoms with Crippen molar-refractivity contribution in [1.29, 1.82) is 0 Å². The summed E-state index contributed by atoms with van der Waals surface area (Å²) >= 11 is 0. The van der Waals surface area contributed by atoms with E-state index in [0.717, 1.165) is 0 Å². The molecule has 0 unspecified atom stereocenters. The number of nitrogens with zero attached hydrogens (tertiary/aromatic N) is 1. The number of aliphatic hydroxyl groups is 1. The van der Waals surface area contributed by atoms with Gasteiger partial charge in [-0.15, -0.1) is 0 Å². The molecular formula is C15H15NO4. The van der Waals surface area contributed by atoms with E-state index in [0.29, 0.717) is 11.3 Å². The lowest BCUT2D eigenvalue weighted by atomic mass is 10.1. The fraction of sp³-hybridized carbons (Fsp3) is 0.200. The Hall–Kier alpha value is -2.56. The van der Waals surface area contributed by atoms with Gasteiger partial charge in [0.05, 0.1) is 12.3 Å². The van der Waals surface area contributed by atoms with Gasteiger partial charge in [0.2, 0.25) is 0 Å². The maximum absolute atomic E-state index is 11.7. The van der Waals surface area contributed by atoms with E-state index in [4.69, 9.17) is 4.74 Å². The first-order valence-corrected chi connectivity index (χ1v) is 6.20. The lowest BCUT2D eigenvalue weighted by Crippen LogP contribution is -2.13. The van der Waals surface area contributed by atoms with Crippen molar-refractivity contribution in [3.8, 4) is 5.75 Å². The van der Waals surface area contributed by atoms with E-state index in [1.165, 1.54) is 12.1 Å². The van der Waals surface area contributed by atoms with Crippen LogP contribution in [0.3, 0.4) is 0 Å². The number of aliphatic hydroxyl groups excluding tert-OH is 1. The Labute approximate surface area is 116 Å². The van der Waals surface area contributed by atoms with Crippen LogP contribution < -0.4 is 0 Å². The van der Waals surface area contributed by atoms with Gasteiger partial charge in [0.15, 0.2) is 5.76 Å². The summed E-state index contributed by atoms with van der Waals surface area (Å²) in [6.07, 6.45) is 1.51. The molecule has 0 saturated heterocycles. The molecule has 0 atom stereocenters. The van der Waals surface area contributed by atoms with Crippen LogP contribution in [-0.4, -0.2) is 28.5 Å². The predicted octanol–water partition coefficient (Wildman–Crippen LogP) is 2.58. The number of benzene rings is 1. The van der Waals surface area contributed by atoms with Gasteiger partial charge in [0, 0.05) is 5.56 Å². The summed E-state index contributed by atoms with van der Waals surface area (Å²) < 4.78 is 4.87. The molecule has 104 valence electrons. The summed E-state index contributed by atoms with van der Waals surface area (Å²) in [4.78, 5) is 15.9. The second kappa shape index (κ2) is 5.61. The monoisotopic (exact) mass is 273 g/mol. The molecule has 0 fully saturated rings. The number of para-hydroxylation sites is 1. The minimum atomic E-state index is -0.605. The molecule has 0 bridgehead atoms. The van der Waals surface area contributed by atoms with Gasteiger partial charge in [-0.3, -0.25) is 0 Å². The number of hydrogen-bond acceptors (Lipinski definition) is 5. The molecule has 0 saturated carbocycles. The third-order valence-corrected chi connectivity index (χ3v) is 2.84. The molecule has 0 radical (unpaired) electrons. The van der Waals surface area contributed by atoms with Crippen molar-refractivity contribution in [3.63, 3.8) is 0 Å². The van der Waals surface area contributed by atoms with Crippen molar-refractivity contribution in [1.82, 2.24) is 0 Å². The normalized spacial score (nSPS) is 16.5. The van der Waals surface area contributed by atoms with Crippen LogP contribution in [0.25, 0.3) is 6.08 Å². The van der Waals surface area contributed by atoms with Gasteiger partial charge in [-0.2, -0.15) is 0 Å². The topological polar surface area (TPSA) is 79.1 Å². The molecular weight excluding hydrogens is 258 g/mol. The number of carbonyl (C=O) groups excluding carboxylic acids is 1. The first-order valence-electron chi connectivity index (χ1n) is 6.20. The molecule has 0 aliphatic carbocycles. The van der Waals surface area contributed by atoms with E-state index < -0.39 is 5.97 Å². The summed E-state index contributed by atoms with van der Waals surface area (Å²) in [6.45, 7) is 3.53. The third kappa shape index (κ3) is 2.56. The molecule has 5 heteroatoms. The first kappa shape index (κ1) is 13.9. The molecule has 1 aromatic carbocycles. The number of hydrogen-bond donors (Lipinski definition) is 2. The predicted molar refractivity (Wildman–Crippen MR) is 75.5 cm³/mol. The molecule has 2 rings (SSSR count). The lowest BCUT2D eigenvalue weighted by Gasteiger charge is -2.03. The van der Waals surface area contributed by atoms with Crippen LogP contribution in [0.2, 0.25) is 0 Å². The second-order valence-corrected chi connectivity index (χ2v) is 4.23. The Morgan fingerprint density at radius 1 is 1.35 bits per heavy atom. The minimum Gasteiger partial charge on any atom is -0.507 e. The quantitative estimate of drug-likeness (QED) is 0.829. The fourth-order valence-electron chi connectivity index (χ4n) is 1.89. The Kier molecular flexibility index (Phi) is 3.89. The lowest BCUT2D eigenvalue weighted by molar-refractivity contribution is -0.138. The zero-order valence-corrected chi connectivity index (χ0v) is 11.3. The Morgan fingerprint density at radius 2 is 2.05 bits per heavy atom. The largest absolute Gasteiger partial charge is 0.507 e. The average molecular weight is 273 g/mol. The Balaban J connectivity index is 2.41. The van der Waals surface area contributed by atoms with Crippen LogP contribution in [0.4, 0.5) is 0 Å². The van der Waals surface area contributed by atoms with Crippen LogP contribution in [0, 0.1) is 0 Å². The number of phenols is 1. The molecule has 0 amide bonds. The number of aromatic hydroxyl groups is 1. The van der Waals surface area contributed by atoms with Gasteiger partial charge in [0.25, 0.3) is 0 Å². The van der Waals surface area contributed by atoms with E-state index in [1.807, 2.05) is 0 Å². The maximum Gasteiger partial charge on any atom is 0.343 e. The van der Waals surface area contributed by atoms with Gasteiger partial charge < -0.3 is 14.9 Å². The molecule has 5 nitrogen and oxygen atoms in total. The highest BCUT2D eigenvalue weighted by atomic mass is 16.5. The number of carbonyl (C=O) groups is 1. The van der Waals surface area contributed by atoms with Crippen LogP contribution in [0.1, 0.15) is 19.4 Å². The highest BCUT2D eigenvalue weighted by molar-refractivity contribution is 6.22. The number of phenolic OH excluding ortho intramolecular Hbond substituents is 1. The zero-order chi connectivity index (χ0) is 14.7. The molecule has 1 aliphatic heterocycles. The average Bonchev–Trinajstić information content (AvgIpc) is 2.67. The van der Waals surface area contributed by atoms with Crippen molar-refractivity contribution >= 4 is 17.8 Å². The highest BCUT2D eigenvalue weighted by Gasteiger charge is 2.27. The van der Waals surface area contributed by atoms with E-state index in [2.05, 4.69) is 4.99 Å². The number of aliphatic imine (C=N–C) groups is 1. The molecule has 1 aliphatic rings. The van der Waals surface area contributed by atoms with Gasteiger partial charge in [-0.25, -0.2) is 9.79 Å². The summed E-state index contributed by atoms with van der Waals surface area (Å²) in [5.74, 6) is -0.763. The molecule has 2 N–H and O–H groups in total.